The third kappa shape index (κ3) is 5.31. The Balaban J connectivity index is 1.47. The zero-order valence-corrected chi connectivity index (χ0v) is 18.5. The quantitative estimate of drug-likeness (QED) is 0.403. The molecule has 1 amide bonds. The highest BCUT2D eigenvalue weighted by atomic mass is 19.4. The standard InChI is InChI=1S/C25H22F3N5O/c1-16(9-22-13-29-14-23(31-22)33-15-30-12-17(33)2)18-5-4-8-21(11-18)32-24(34)19-6-3-7-20(10-19)25(26,27)28/h3-8,10-16H,9H2,1-2H3,(H,32,34)/t16-/m1/s1. The van der Waals surface area contributed by atoms with Crippen LogP contribution in [0.1, 0.15) is 45.7 Å². The highest BCUT2D eigenvalue weighted by Crippen LogP contribution is 2.30. The van der Waals surface area contributed by atoms with Crippen molar-refractivity contribution < 1.29 is 18.0 Å². The second-order valence-corrected chi connectivity index (χ2v) is 8.04. The van der Waals surface area contributed by atoms with E-state index in [1.54, 1.807) is 37.1 Å². The van der Waals surface area contributed by atoms with Crippen molar-refractivity contribution in [2.45, 2.75) is 32.4 Å². The van der Waals surface area contributed by atoms with E-state index in [2.05, 4.69) is 20.3 Å². The van der Waals surface area contributed by atoms with E-state index in [1.807, 2.05) is 30.5 Å². The summed E-state index contributed by atoms with van der Waals surface area (Å²) in [4.78, 5) is 25.6. The first-order chi connectivity index (χ1) is 16.2. The largest absolute Gasteiger partial charge is 0.416 e. The van der Waals surface area contributed by atoms with Crippen molar-refractivity contribution in [3.63, 3.8) is 0 Å². The molecule has 4 aromatic rings. The van der Waals surface area contributed by atoms with Crippen LogP contribution in [0.2, 0.25) is 0 Å². The number of anilines is 1. The lowest BCUT2D eigenvalue weighted by Crippen LogP contribution is -2.14. The summed E-state index contributed by atoms with van der Waals surface area (Å²) in [6.45, 7) is 3.97. The molecule has 0 radical (unpaired) electrons. The van der Waals surface area contributed by atoms with E-state index in [1.165, 1.54) is 12.1 Å². The second kappa shape index (κ2) is 9.46. The van der Waals surface area contributed by atoms with Crippen LogP contribution in [0.5, 0.6) is 0 Å². The fourth-order valence-electron chi connectivity index (χ4n) is 3.60. The van der Waals surface area contributed by atoms with Gasteiger partial charge in [-0.15, -0.1) is 0 Å². The summed E-state index contributed by atoms with van der Waals surface area (Å²) >= 11 is 0. The van der Waals surface area contributed by atoms with Crippen LogP contribution in [0.25, 0.3) is 5.82 Å². The van der Waals surface area contributed by atoms with Gasteiger partial charge in [0.05, 0.1) is 17.5 Å². The number of amides is 1. The number of hydrogen-bond donors (Lipinski definition) is 1. The van der Waals surface area contributed by atoms with Gasteiger partial charge in [0.1, 0.15) is 6.33 Å². The fraction of sp³-hybridized carbons (Fsp3) is 0.200. The Labute approximate surface area is 194 Å². The van der Waals surface area contributed by atoms with Gasteiger partial charge in [-0.2, -0.15) is 13.2 Å². The van der Waals surface area contributed by atoms with Gasteiger partial charge in [0.25, 0.3) is 5.91 Å². The Morgan fingerprint density at radius 1 is 1.06 bits per heavy atom. The third-order valence-corrected chi connectivity index (χ3v) is 5.42. The number of nitrogens with zero attached hydrogens (tertiary/aromatic N) is 4. The summed E-state index contributed by atoms with van der Waals surface area (Å²) < 4.78 is 40.7. The number of alkyl halides is 3. The fourth-order valence-corrected chi connectivity index (χ4v) is 3.60. The molecule has 0 aliphatic heterocycles. The topological polar surface area (TPSA) is 72.7 Å². The van der Waals surface area contributed by atoms with Crippen LogP contribution in [0.3, 0.4) is 0 Å². The highest BCUT2D eigenvalue weighted by molar-refractivity contribution is 6.04. The molecular formula is C25H22F3N5O. The van der Waals surface area contributed by atoms with Gasteiger partial charge in [-0.05, 0) is 55.2 Å². The number of hydrogen-bond acceptors (Lipinski definition) is 4. The first-order valence-corrected chi connectivity index (χ1v) is 10.6. The molecule has 0 saturated heterocycles. The lowest BCUT2D eigenvalue weighted by molar-refractivity contribution is -0.137. The Morgan fingerprint density at radius 2 is 1.85 bits per heavy atom. The van der Waals surface area contributed by atoms with E-state index in [4.69, 9.17) is 0 Å². The maximum absolute atomic E-state index is 13.0. The molecule has 2 aromatic heterocycles. The van der Waals surface area contributed by atoms with Crippen LogP contribution in [0, 0.1) is 6.92 Å². The first kappa shape index (κ1) is 23.2. The number of halogens is 3. The van der Waals surface area contributed by atoms with Gasteiger partial charge in [-0.3, -0.25) is 14.3 Å². The maximum atomic E-state index is 13.0. The lowest BCUT2D eigenvalue weighted by Gasteiger charge is -2.14. The number of nitrogens with one attached hydrogen (secondary N) is 1. The van der Waals surface area contributed by atoms with E-state index in [0.29, 0.717) is 17.9 Å². The monoisotopic (exact) mass is 465 g/mol. The summed E-state index contributed by atoms with van der Waals surface area (Å²) in [6, 6.07) is 11.6. The molecule has 1 N–H and O–H groups in total. The van der Waals surface area contributed by atoms with Gasteiger partial charge in [0, 0.05) is 29.3 Å². The van der Waals surface area contributed by atoms with Gasteiger partial charge in [-0.25, -0.2) is 9.97 Å². The van der Waals surface area contributed by atoms with Crippen molar-refractivity contribution in [3.8, 4) is 5.82 Å². The van der Waals surface area contributed by atoms with Gasteiger partial charge in [0.15, 0.2) is 5.82 Å². The molecule has 0 unspecified atom stereocenters. The first-order valence-electron chi connectivity index (χ1n) is 10.6. The number of aromatic nitrogens is 4. The average molecular weight is 465 g/mol. The molecular weight excluding hydrogens is 443 g/mol. The molecule has 0 aliphatic carbocycles. The molecule has 0 bridgehead atoms. The van der Waals surface area contributed by atoms with Crippen molar-refractivity contribution in [2.24, 2.45) is 0 Å². The third-order valence-electron chi connectivity index (χ3n) is 5.42. The van der Waals surface area contributed by atoms with Crippen molar-refractivity contribution in [2.75, 3.05) is 5.32 Å². The number of carbonyl (C=O) groups excluding carboxylic acids is 1. The highest BCUT2D eigenvalue weighted by Gasteiger charge is 2.30. The minimum atomic E-state index is -4.51. The molecule has 4 rings (SSSR count). The van der Waals surface area contributed by atoms with Crippen molar-refractivity contribution in [1.82, 2.24) is 19.5 Å². The summed E-state index contributed by atoms with van der Waals surface area (Å²) in [5.74, 6) is 0.130. The minimum Gasteiger partial charge on any atom is -0.322 e. The van der Waals surface area contributed by atoms with Gasteiger partial charge in [-0.1, -0.05) is 25.1 Å². The summed E-state index contributed by atoms with van der Waals surface area (Å²) in [5.41, 5.74) is 2.28. The molecule has 0 aliphatic rings. The van der Waals surface area contributed by atoms with E-state index in [0.717, 1.165) is 29.1 Å². The zero-order valence-electron chi connectivity index (χ0n) is 18.5. The number of rotatable bonds is 6. The summed E-state index contributed by atoms with van der Waals surface area (Å²) in [7, 11) is 0. The molecule has 2 heterocycles. The van der Waals surface area contributed by atoms with Crippen LogP contribution in [-0.2, 0) is 12.6 Å². The minimum absolute atomic E-state index is 0.0545. The van der Waals surface area contributed by atoms with Crippen molar-refractivity contribution in [1.29, 1.82) is 0 Å². The van der Waals surface area contributed by atoms with Crippen LogP contribution < -0.4 is 5.32 Å². The smallest absolute Gasteiger partial charge is 0.322 e. The molecule has 2 aromatic carbocycles. The molecule has 0 spiro atoms. The molecule has 34 heavy (non-hydrogen) atoms. The average Bonchev–Trinajstić information content (AvgIpc) is 3.25. The number of benzene rings is 2. The molecule has 174 valence electrons. The number of carbonyl (C=O) groups is 1. The molecule has 9 heteroatoms. The van der Waals surface area contributed by atoms with E-state index in [9.17, 15) is 18.0 Å². The predicted molar refractivity (Wildman–Crippen MR) is 122 cm³/mol. The Bertz CT molecular complexity index is 1320. The van der Waals surface area contributed by atoms with Gasteiger partial charge in [0.2, 0.25) is 0 Å². The van der Waals surface area contributed by atoms with Crippen molar-refractivity contribution >= 4 is 11.6 Å². The molecule has 1 atom stereocenters. The van der Waals surface area contributed by atoms with Crippen LogP contribution in [-0.4, -0.2) is 25.4 Å². The Kier molecular flexibility index (Phi) is 6.45. The van der Waals surface area contributed by atoms with E-state index >= 15 is 0 Å². The van der Waals surface area contributed by atoms with Crippen molar-refractivity contribution in [3.05, 3.63) is 102 Å². The number of imidazole rings is 1. The second-order valence-electron chi connectivity index (χ2n) is 8.04. The molecule has 0 saturated carbocycles. The number of aryl methyl sites for hydroxylation is 1. The predicted octanol–water partition coefficient (Wildman–Crippen LogP) is 5.59. The normalized spacial score (nSPS) is 12.4. The van der Waals surface area contributed by atoms with Gasteiger partial charge < -0.3 is 5.32 Å². The van der Waals surface area contributed by atoms with Crippen LogP contribution in [0.4, 0.5) is 18.9 Å². The molecule has 6 nitrogen and oxygen atoms in total. The van der Waals surface area contributed by atoms with E-state index in [-0.39, 0.29) is 11.5 Å². The zero-order chi connectivity index (χ0) is 24.3. The summed E-state index contributed by atoms with van der Waals surface area (Å²) in [6.07, 6.45) is 2.92. The Morgan fingerprint density at radius 3 is 2.59 bits per heavy atom. The maximum Gasteiger partial charge on any atom is 0.416 e. The van der Waals surface area contributed by atoms with Crippen LogP contribution in [0.15, 0.2) is 73.4 Å². The van der Waals surface area contributed by atoms with Gasteiger partial charge >= 0.3 is 6.18 Å². The Hall–Kier alpha value is -4.01. The van der Waals surface area contributed by atoms with Crippen LogP contribution >= 0.6 is 0 Å². The molecule has 0 fully saturated rings. The van der Waals surface area contributed by atoms with E-state index < -0.39 is 17.6 Å². The SMILES string of the molecule is Cc1cncn1-c1cncc(C[C@@H](C)c2cccc(NC(=O)c3cccc(C(F)(F)F)c3)c2)n1. The summed E-state index contributed by atoms with van der Waals surface area (Å²) in [5, 5.41) is 2.69. The lowest BCUT2D eigenvalue weighted by atomic mass is 9.96.